The van der Waals surface area contributed by atoms with E-state index in [1.54, 1.807) is 34.3 Å². The van der Waals surface area contributed by atoms with Crippen molar-refractivity contribution in [3.8, 4) is 5.75 Å². The van der Waals surface area contributed by atoms with Crippen LogP contribution in [-0.4, -0.2) is 95.2 Å². The molecule has 4 aliphatic heterocycles. The van der Waals surface area contributed by atoms with E-state index in [1.807, 2.05) is 0 Å². The number of hydrogen-bond acceptors (Lipinski definition) is 8. The molecule has 4 aliphatic rings. The van der Waals surface area contributed by atoms with E-state index in [1.165, 1.54) is 6.07 Å². The number of ether oxygens (including phenoxy) is 1. The minimum atomic E-state index is -4.03. The molecule has 44 heavy (non-hydrogen) atoms. The predicted molar refractivity (Wildman–Crippen MR) is 163 cm³/mol. The van der Waals surface area contributed by atoms with Gasteiger partial charge in [0.15, 0.2) is 0 Å². The molecule has 2 amide bonds. The number of rotatable bonds is 13. The van der Waals surface area contributed by atoms with Gasteiger partial charge in [-0.15, -0.1) is 0 Å². The lowest BCUT2D eigenvalue weighted by Crippen LogP contribution is -2.71. The van der Waals surface area contributed by atoms with E-state index in [0.717, 1.165) is 45.2 Å². The molecular formula is C30H39ClFN5O6S. The van der Waals surface area contributed by atoms with Gasteiger partial charge < -0.3 is 19.4 Å². The number of piperazine rings is 1. The van der Waals surface area contributed by atoms with Crippen molar-refractivity contribution in [1.82, 2.24) is 19.8 Å². The zero-order chi connectivity index (χ0) is 31.3. The minimum absolute atomic E-state index is 0.0531. The number of amides is 2. The number of aromatic nitrogens is 2. The Morgan fingerprint density at radius 3 is 2.41 bits per heavy atom. The first-order chi connectivity index (χ1) is 21.1. The van der Waals surface area contributed by atoms with Crippen LogP contribution in [0.3, 0.4) is 0 Å². The van der Waals surface area contributed by atoms with Crippen LogP contribution in [0.4, 0.5) is 10.3 Å². The first-order valence-electron chi connectivity index (χ1n) is 15.2. The summed E-state index contributed by atoms with van der Waals surface area (Å²) in [6.07, 6.45) is 8.76. The highest BCUT2D eigenvalue weighted by molar-refractivity contribution is 7.85. The van der Waals surface area contributed by atoms with Gasteiger partial charge in [-0.2, -0.15) is 8.42 Å². The Bertz CT molecular complexity index is 1410. The highest BCUT2D eigenvalue weighted by atomic mass is 35.5. The lowest BCUT2D eigenvalue weighted by Gasteiger charge is -2.56. The zero-order valence-electron chi connectivity index (χ0n) is 24.6. The van der Waals surface area contributed by atoms with Crippen molar-refractivity contribution in [3.05, 3.63) is 47.0 Å². The molecule has 2 unspecified atom stereocenters. The van der Waals surface area contributed by atoms with Gasteiger partial charge in [0.25, 0.3) is 10.1 Å². The van der Waals surface area contributed by atoms with E-state index in [9.17, 15) is 22.4 Å². The fourth-order valence-electron chi connectivity index (χ4n) is 6.41. The molecule has 1 N–H and O–H groups in total. The Morgan fingerprint density at radius 1 is 1.05 bits per heavy atom. The molecule has 2 aromatic rings. The summed E-state index contributed by atoms with van der Waals surface area (Å²) in [5.74, 6) is 0.670. The van der Waals surface area contributed by atoms with E-state index in [2.05, 4.69) is 14.9 Å². The molecule has 2 bridgehead atoms. The quantitative estimate of drug-likeness (QED) is 0.254. The number of benzene rings is 1. The summed E-state index contributed by atoms with van der Waals surface area (Å²) in [5.41, 5.74) is 0.315. The van der Waals surface area contributed by atoms with Crippen LogP contribution in [0.1, 0.15) is 56.9 Å². The van der Waals surface area contributed by atoms with Crippen molar-refractivity contribution >= 4 is 39.5 Å². The Hall–Kier alpha value is -3.03. The third-order valence-electron chi connectivity index (χ3n) is 8.77. The molecule has 4 saturated heterocycles. The zero-order valence-corrected chi connectivity index (χ0v) is 26.2. The van der Waals surface area contributed by atoms with Gasteiger partial charge in [-0.1, -0.05) is 17.7 Å². The predicted octanol–water partition coefficient (Wildman–Crippen LogP) is 3.76. The summed E-state index contributed by atoms with van der Waals surface area (Å²) in [4.78, 5) is 39.8. The number of carbonyl (C=O) groups is 2. The second kappa shape index (κ2) is 14.4. The van der Waals surface area contributed by atoms with E-state index < -0.39 is 15.9 Å². The maximum Gasteiger partial charge on any atom is 0.264 e. The standard InChI is InChI=1S/C30H39ClFN5O6S/c31-23-17-33-30(34-18-23)35-10-8-21(9-11-35)4-3-12-43-26-7-6-22(27(32)16-26)14-29(39)37-24-15-25(37)20-36(19-24)28(38)5-1-2-13-44(40,41)42/h6-7,16-18,21,24-25H,1-5,8-15,19-20H2,(H,40,41,42). The number of nitrogens with zero attached hydrogens (tertiary/aromatic N) is 5. The molecule has 1 aromatic heterocycles. The second-order valence-electron chi connectivity index (χ2n) is 11.9. The van der Waals surface area contributed by atoms with Crippen LogP contribution in [-0.2, 0) is 26.1 Å². The van der Waals surface area contributed by atoms with Crippen molar-refractivity contribution in [3.63, 3.8) is 0 Å². The number of fused-ring (bicyclic) bond motifs is 2. The minimum Gasteiger partial charge on any atom is -0.493 e. The van der Waals surface area contributed by atoms with Gasteiger partial charge in [0, 0.05) is 38.7 Å². The smallest absolute Gasteiger partial charge is 0.264 e. The van der Waals surface area contributed by atoms with Crippen molar-refractivity contribution in [2.75, 3.05) is 43.4 Å². The highest BCUT2D eigenvalue weighted by Gasteiger charge is 2.47. The topological polar surface area (TPSA) is 133 Å². The largest absolute Gasteiger partial charge is 0.493 e. The molecule has 5 heterocycles. The van der Waals surface area contributed by atoms with Gasteiger partial charge in [-0.3, -0.25) is 14.1 Å². The third-order valence-corrected chi connectivity index (χ3v) is 9.77. The number of hydrogen-bond donors (Lipinski definition) is 1. The van der Waals surface area contributed by atoms with Crippen LogP contribution in [0.15, 0.2) is 30.6 Å². The normalized spacial score (nSPS) is 20.4. The van der Waals surface area contributed by atoms with Crippen molar-refractivity contribution in [2.45, 2.75) is 69.9 Å². The van der Waals surface area contributed by atoms with Gasteiger partial charge in [0.1, 0.15) is 11.6 Å². The van der Waals surface area contributed by atoms with Gasteiger partial charge in [0.05, 0.1) is 48.3 Å². The first-order valence-corrected chi connectivity index (χ1v) is 17.2. The molecule has 0 aliphatic carbocycles. The van der Waals surface area contributed by atoms with Crippen molar-refractivity contribution in [2.24, 2.45) is 5.92 Å². The third kappa shape index (κ3) is 8.57. The molecule has 240 valence electrons. The second-order valence-corrected chi connectivity index (χ2v) is 13.9. The molecule has 14 heteroatoms. The Morgan fingerprint density at radius 2 is 1.75 bits per heavy atom. The maximum absolute atomic E-state index is 14.9. The average Bonchev–Trinajstić information content (AvgIpc) is 2.99. The monoisotopic (exact) mass is 651 g/mol. The molecule has 2 atom stereocenters. The Kier molecular flexibility index (Phi) is 10.6. The molecule has 0 spiro atoms. The molecule has 11 nitrogen and oxygen atoms in total. The van der Waals surface area contributed by atoms with E-state index in [-0.39, 0.29) is 48.9 Å². The summed E-state index contributed by atoms with van der Waals surface area (Å²) < 4.78 is 51.2. The van der Waals surface area contributed by atoms with Crippen molar-refractivity contribution in [1.29, 1.82) is 0 Å². The van der Waals surface area contributed by atoms with E-state index in [0.29, 0.717) is 54.3 Å². The summed E-state index contributed by atoms with van der Waals surface area (Å²) in [7, 11) is -4.03. The SMILES string of the molecule is O=C(CCCCS(=O)(=O)O)N1CC2CC(C1)N2C(=O)Cc1ccc(OCCCC2CCN(c3ncc(Cl)cn3)CC2)cc1F. The molecular weight excluding hydrogens is 613 g/mol. The van der Waals surface area contributed by atoms with Crippen LogP contribution in [0, 0.1) is 11.7 Å². The number of unbranched alkanes of at least 4 members (excludes halogenated alkanes) is 1. The fourth-order valence-corrected chi connectivity index (χ4v) is 7.07. The lowest BCUT2D eigenvalue weighted by atomic mass is 9.86. The van der Waals surface area contributed by atoms with Gasteiger partial charge in [-0.05, 0) is 62.5 Å². The summed E-state index contributed by atoms with van der Waals surface area (Å²) in [6, 6.07) is 4.47. The molecule has 1 aromatic carbocycles. The first kappa shape index (κ1) is 32.4. The van der Waals surface area contributed by atoms with E-state index >= 15 is 0 Å². The van der Waals surface area contributed by atoms with Crippen molar-refractivity contribution < 1.29 is 31.7 Å². The Labute approximate surface area is 262 Å². The molecule has 0 radical (unpaired) electrons. The van der Waals surface area contributed by atoms with Gasteiger partial charge in [0.2, 0.25) is 17.8 Å². The van der Waals surface area contributed by atoms with Crippen LogP contribution in [0.25, 0.3) is 0 Å². The van der Waals surface area contributed by atoms with E-state index in [4.69, 9.17) is 20.9 Å². The van der Waals surface area contributed by atoms with Crippen LogP contribution in [0.5, 0.6) is 5.75 Å². The number of halogens is 2. The average molecular weight is 652 g/mol. The number of carbonyl (C=O) groups excluding carboxylic acids is 2. The maximum atomic E-state index is 14.9. The number of anilines is 1. The van der Waals surface area contributed by atoms with Crippen LogP contribution < -0.4 is 9.64 Å². The number of piperidine rings is 2. The summed E-state index contributed by atoms with van der Waals surface area (Å²) in [5, 5.41) is 0.525. The lowest BCUT2D eigenvalue weighted by molar-refractivity contribution is -0.160. The van der Waals surface area contributed by atoms with Crippen LogP contribution in [0.2, 0.25) is 5.02 Å². The molecule has 4 fully saturated rings. The van der Waals surface area contributed by atoms with Crippen LogP contribution >= 0.6 is 11.6 Å². The fraction of sp³-hybridized carbons (Fsp3) is 0.600. The van der Waals surface area contributed by atoms with Gasteiger partial charge in [-0.25, -0.2) is 14.4 Å². The summed E-state index contributed by atoms with van der Waals surface area (Å²) >= 11 is 5.88. The highest BCUT2D eigenvalue weighted by Crippen LogP contribution is 2.34. The molecule has 6 rings (SSSR count). The Balaban J connectivity index is 0.992. The van der Waals surface area contributed by atoms with Gasteiger partial charge >= 0.3 is 0 Å². The molecule has 0 saturated carbocycles. The summed E-state index contributed by atoms with van der Waals surface area (Å²) in [6.45, 7) is 3.13.